The smallest absolute Gasteiger partial charge is 0.134 e. The minimum Gasteiger partial charge on any atom is -0.464 e. The van der Waals surface area contributed by atoms with Gasteiger partial charge in [0.05, 0.1) is 12.3 Å². The maximum Gasteiger partial charge on any atom is 0.134 e. The molecule has 3 rings (SSSR count). The van der Waals surface area contributed by atoms with E-state index in [4.69, 9.17) is 10.2 Å². The molecule has 0 bridgehead atoms. The summed E-state index contributed by atoms with van der Waals surface area (Å²) in [6.07, 6.45) is 1.77. The third kappa shape index (κ3) is 2.23. The summed E-state index contributed by atoms with van der Waals surface area (Å²) in [5, 5.41) is 1.09. The highest BCUT2D eigenvalue weighted by molar-refractivity contribution is 5.81. The minimum absolute atomic E-state index is 0.153. The Labute approximate surface area is 119 Å². The van der Waals surface area contributed by atoms with E-state index in [2.05, 4.69) is 44.2 Å². The molecule has 2 N–H and O–H groups in total. The number of nitrogens with two attached hydrogens (primary N) is 1. The molecule has 2 nitrogen and oxygen atoms in total. The summed E-state index contributed by atoms with van der Waals surface area (Å²) in [6, 6.07) is 16.4. The largest absolute Gasteiger partial charge is 0.464 e. The summed E-state index contributed by atoms with van der Waals surface area (Å²) < 4.78 is 5.57. The summed E-state index contributed by atoms with van der Waals surface area (Å²) in [5.41, 5.74) is 10.8. The molecule has 1 aromatic heterocycles. The van der Waals surface area contributed by atoms with Gasteiger partial charge < -0.3 is 10.2 Å². The molecule has 0 spiro atoms. The zero-order chi connectivity index (χ0) is 14.1. The first-order chi connectivity index (χ1) is 9.66. The van der Waals surface area contributed by atoms with Gasteiger partial charge in [-0.15, -0.1) is 0 Å². The summed E-state index contributed by atoms with van der Waals surface area (Å²) >= 11 is 0. The van der Waals surface area contributed by atoms with Gasteiger partial charge in [0.1, 0.15) is 5.58 Å². The standard InChI is InChI=1S/C18H19NO/c1-12(2)13-7-9-14(10-8-13)18(19)16-11-20-17-6-4-3-5-15(16)17/h3-12,18H,19H2,1-2H3. The molecule has 1 atom stereocenters. The molecule has 0 saturated heterocycles. The van der Waals surface area contributed by atoms with E-state index in [-0.39, 0.29) is 6.04 Å². The number of hydrogen-bond acceptors (Lipinski definition) is 2. The van der Waals surface area contributed by atoms with E-state index in [9.17, 15) is 0 Å². The van der Waals surface area contributed by atoms with Gasteiger partial charge in [-0.3, -0.25) is 0 Å². The van der Waals surface area contributed by atoms with Crippen LogP contribution in [-0.2, 0) is 0 Å². The summed E-state index contributed by atoms with van der Waals surface area (Å²) in [4.78, 5) is 0. The van der Waals surface area contributed by atoms with E-state index >= 15 is 0 Å². The van der Waals surface area contributed by atoms with Crippen LogP contribution in [0.3, 0.4) is 0 Å². The molecule has 2 heteroatoms. The highest BCUT2D eigenvalue weighted by atomic mass is 16.3. The van der Waals surface area contributed by atoms with Gasteiger partial charge in [-0.25, -0.2) is 0 Å². The van der Waals surface area contributed by atoms with Crippen molar-refractivity contribution in [2.24, 2.45) is 5.73 Å². The lowest BCUT2D eigenvalue weighted by Gasteiger charge is -2.12. The second-order valence-electron chi connectivity index (χ2n) is 5.49. The Morgan fingerprint density at radius 1 is 0.900 bits per heavy atom. The van der Waals surface area contributed by atoms with Gasteiger partial charge in [-0.2, -0.15) is 0 Å². The summed E-state index contributed by atoms with van der Waals surface area (Å²) in [5.74, 6) is 0.537. The number of rotatable bonds is 3. The predicted octanol–water partition coefficient (Wildman–Crippen LogP) is 4.60. The SMILES string of the molecule is CC(C)c1ccc(C(N)c2coc3ccccc23)cc1. The van der Waals surface area contributed by atoms with Crippen molar-refractivity contribution in [2.45, 2.75) is 25.8 Å². The molecule has 2 aromatic carbocycles. The van der Waals surface area contributed by atoms with E-state index in [1.165, 1.54) is 5.56 Å². The Bertz CT molecular complexity index is 710. The molecule has 0 fully saturated rings. The van der Waals surface area contributed by atoms with Crippen LogP contribution >= 0.6 is 0 Å². The van der Waals surface area contributed by atoms with E-state index in [1.54, 1.807) is 6.26 Å². The average molecular weight is 265 g/mol. The number of para-hydroxylation sites is 1. The molecule has 0 aliphatic rings. The van der Waals surface area contributed by atoms with Gasteiger partial charge in [0.25, 0.3) is 0 Å². The van der Waals surface area contributed by atoms with Gasteiger partial charge in [-0.05, 0) is 23.1 Å². The summed E-state index contributed by atoms with van der Waals surface area (Å²) in [6.45, 7) is 4.39. The van der Waals surface area contributed by atoms with Crippen LogP contribution < -0.4 is 5.73 Å². The Kier molecular flexibility index (Phi) is 3.33. The molecular formula is C18H19NO. The Hall–Kier alpha value is -2.06. The van der Waals surface area contributed by atoms with E-state index in [0.717, 1.165) is 22.1 Å². The number of hydrogen-bond donors (Lipinski definition) is 1. The van der Waals surface area contributed by atoms with Gasteiger partial charge in [0.15, 0.2) is 0 Å². The molecule has 0 amide bonds. The van der Waals surface area contributed by atoms with Crippen LogP contribution in [0.25, 0.3) is 11.0 Å². The fraction of sp³-hybridized carbons (Fsp3) is 0.222. The van der Waals surface area contributed by atoms with E-state index in [0.29, 0.717) is 5.92 Å². The highest BCUT2D eigenvalue weighted by Crippen LogP contribution is 2.29. The van der Waals surface area contributed by atoms with Crippen LogP contribution in [0.5, 0.6) is 0 Å². The van der Waals surface area contributed by atoms with Crippen LogP contribution in [0.4, 0.5) is 0 Å². The van der Waals surface area contributed by atoms with Crippen LogP contribution in [0.15, 0.2) is 59.2 Å². The first-order valence-corrected chi connectivity index (χ1v) is 6.98. The molecule has 0 saturated carbocycles. The Morgan fingerprint density at radius 3 is 2.25 bits per heavy atom. The number of furan rings is 1. The molecule has 3 aromatic rings. The zero-order valence-corrected chi connectivity index (χ0v) is 11.8. The quantitative estimate of drug-likeness (QED) is 0.751. The lowest BCUT2D eigenvalue weighted by atomic mass is 9.95. The lowest BCUT2D eigenvalue weighted by Crippen LogP contribution is -2.11. The van der Waals surface area contributed by atoms with Gasteiger partial charge in [0, 0.05) is 10.9 Å². The lowest BCUT2D eigenvalue weighted by molar-refractivity contribution is 0.607. The third-order valence-electron chi connectivity index (χ3n) is 3.81. The van der Waals surface area contributed by atoms with E-state index < -0.39 is 0 Å². The van der Waals surface area contributed by atoms with Crippen molar-refractivity contribution >= 4 is 11.0 Å². The van der Waals surface area contributed by atoms with Crippen LogP contribution in [0.2, 0.25) is 0 Å². The Balaban J connectivity index is 1.97. The monoisotopic (exact) mass is 265 g/mol. The molecule has 0 aliphatic heterocycles. The highest BCUT2D eigenvalue weighted by Gasteiger charge is 2.15. The van der Waals surface area contributed by atoms with E-state index in [1.807, 2.05) is 18.2 Å². The van der Waals surface area contributed by atoms with Crippen molar-refractivity contribution in [3.05, 3.63) is 71.5 Å². The van der Waals surface area contributed by atoms with Crippen LogP contribution in [-0.4, -0.2) is 0 Å². The van der Waals surface area contributed by atoms with Crippen molar-refractivity contribution in [3.8, 4) is 0 Å². The summed E-state index contributed by atoms with van der Waals surface area (Å²) in [7, 11) is 0. The third-order valence-corrected chi connectivity index (χ3v) is 3.81. The molecule has 1 unspecified atom stereocenters. The normalized spacial score (nSPS) is 13.0. The van der Waals surface area contributed by atoms with Gasteiger partial charge in [-0.1, -0.05) is 56.3 Å². The number of benzene rings is 2. The Morgan fingerprint density at radius 2 is 1.55 bits per heavy atom. The molecule has 0 aliphatic carbocycles. The molecule has 20 heavy (non-hydrogen) atoms. The molecular weight excluding hydrogens is 246 g/mol. The second-order valence-corrected chi connectivity index (χ2v) is 5.49. The molecule has 0 radical (unpaired) electrons. The molecule has 1 heterocycles. The fourth-order valence-corrected chi connectivity index (χ4v) is 2.51. The average Bonchev–Trinajstić information content (AvgIpc) is 2.90. The van der Waals surface area contributed by atoms with Crippen molar-refractivity contribution in [1.29, 1.82) is 0 Å². The fourth-order valence-electron chi connectivity index (χ4n) is 2.51. The zero-order valence-electron chi connectivity index (χ0n) is 11.8. The molecule has 102 valence electrons. The minimum atomic E-state index is -0.153. The number of fused-ring (bicyclic) bond motifs is 1. The van der Waals surface area contributed by atoms with Crippen molar-refractivity contribution in [3.63, 3.8) is 0 Å². The topological polar surface area (TPSA) is 39.2 Å². The van der Waals surface area contributed by atoms with Crippen molar-refractivity contribution in [2.75, 3.05) is 0 Å². The van der Waals surface area contributed by atoms with Crippen molar-refractivity contribution < 1.29 is 4.42 Å². The predicted molar refractivity (Wildman–Crippen MR) is 82.8 cm³/mol. The van der Waals surface area contributed by atoms with Crippen LogP contribution in [0.1, 0.15) is 42.5 Å². The van der Waals surface area contributed by atoms with Crippen LogP contribution in [0, 0.1) is 0 Å². The van der Waals surface area contributed by atoms with Gasteiger partial charge >= 0.3 is 0 Å². The maximum atomic E-state index is 6.39. The van der Waals surface area contributed by atoms with Crippen molar-refractivity contribution in [1.82, 2.24) is 0 Å². The first-order valence-electron chi connectivity index (χ1n) is 6.98. The maximum absolute atomic E-state index is 6.39. The first kappa shape index (κ1) is 12.9. The second kappa shape index (κ2) is 5.14. The van der Waals surface area contributed by atoms with Gasteiger partial charge in [0.2, 0.25) is 0 Å².